The van der Waals surface area contributed by atoms with E-state index in [2.05, 4.69) is 5.32 Å². The number of rotatable bonds is 4. The zero-order valence-corrected chi connectivity index (χ0v) is 14.2. The maximum Gasteiger partial charge on any atom is 0.321 e. The zero-order chi connectivity index (χ0) is 17.7. The highest BCUT2D eigenvalue weighted by molar-refractivity contribution is 5.89. The SMILES string of the molecule is O=C(Nc1ccc(OC[C@@H]2CCCCO2)cc1)N1CCC(F)(F)CC1. The summed E-state index contributed by atoms with van der Waals surface area (Å²) in [5, 5.41) is 2.73. The average molecular weight is 354 g/mol. The minimum atomic E-state index is -2.65. The molecule has 1 N–H and O–H groups in total. The van der Waals surface area contributed by atoms with Gasteiger partial charge in [0.1, 0.15) is 12.4 Å². The summed E-state index contributed by atoms with van der Waals surface area (Å²) in [6.45, 7) is 1.46. The molecule has 2 amide bonds. The van der Waals surface area contributed by atoms with Gasteiger partial charge in [-0.1, -0.05) is 0 Å². The molecule has 0 bridgehead atoms. The van der Waals surface area contributed by atoms with Crippen LogP contribution in [0.15, 0.2) is 24.3 Å². The number of anilines is 1. The van der Waals surface area contributed by atoms with E-state index >= 15 is 0 Å². The molecule has 0 aliphatic carbocycles. The summed E-state index contributed by atoms with van der Waals surface area (Å²) in [6, 6.07) is 6.70. The summed E-state index contributed by atoms with van der Waals surface area (Å²) in [7, 11) is 0. The fourth-order valence-corrected chi connectivity index (χ4v) is 3.00. The number of nitrogens with zero attached hydrogens (tertiary/aromatic N) is 1. The molecule has 1 aromatic carbocycles. The minimum Gasteiger partial charge on any atom is -0.491 e. The largest absolute Gasteiger partial charge is 0.491 e. The number of carbonyl (C=O) groups excluding carboxylic acids is 1. The standard InChI is InChI=1S/C18H24F2N2O3/c19-18(20)8-10-22(11-9-18)17(23)21-14-4-6-15(7-5-14)25-13-16-3-1-2-12-24-16/h4-7,16H,1-3,8-13H2,(H,21,23)/t16-/m0/s1. The monoisotopic (exact) mass is 354 g/mol. The second-order valence-corrected chi connectivity index (χ2v) is 6.60. The zero-order valence-electron chi connectivity index (χ0n) is 14.2. The van der Waals surface area contributed by atoms with E-state index in [-0.39, 0.29) is 38.1 Å². The first-order chi connectivity index (χ1) is 12.0. The van der Waals surface area contributed by atoms with Gasteiger partial charge in [0.05, 0.1) is 6.10 Å². The summed E-state index contributed by atoms with van der Waals surface area (Å²) in [5.74, 6) is -1.94. The average Bonchev–Trinajstić information content (AvgIpc) is 2.62. The van der Waals surface area contributed by atoms with Crippen molar-refractivity contribution in [3.63, 3.8) is 0 Å². The molecule has 3 rings (SSSR count). The van der Waals surface area contributed by atoms with Crippen molar-refractivity contribution in [3.8, 4) is 5.75 Å². The molecule has 5 nitrogen and oxygen atoms in total. The van der Waals surface area contributed by atoms with Gasteiger partial charge < -0.3 is 19.7 Å². The summed E-state index contributed by atoms with van der Waals surface area (Å²) in [5.41, 5.74) is 0.614. The Hall–Kier alpha value is -1.89. The van der Waals surface area contributed by atoms with Gasteiger partial charge in [-0.25, -0.2) is 13.6 Å². The van der Waals surface area contributed by atoms with Crippen LogP contribution < -0.4 is 10.1 Å². The molecule has 0 radical (unpaired) electrons. The van der Waals surface area contributed by atoms with Crippen molar-refractivity contribution in [2.75, 3.05) is 31.6 Å². The molecule has 0 saturated carbocycles. The van der Waals surface area contributed by atoms with E-state index in [9.17, 15) is 13.6 Å². The first-order valence-corrected chi connectivity index (χ1v) is 8.80. The number of piperidine rings is 1. The number of halogens is 2. The number of nitrogens with one attached hydrogen (secondary N) is 1. The van der Waals surface area contributed by atoms with Gasteiger partial charge in [0.25, 0.3) is 5.92 Å². The highest BCUT2D eigenvalue weighted by atomic mass is 19.3. The number of benzene rings is 1. The van der Waals surface area contributed by atoms with E-state index in [1.165, 1.54) is 11.3 Å². The van der Waals surface area contributed by atoms with Gasteiger partial charge in [-0.2, -0.15) is 0 Å². The highest BCUT2D eigenvalue weighted by Gasteiger charge is 2.35. The van der Waals surface area contributed by atoms with Crippen LogP contribution in [-0.4, -0.2) is 49.3 Å². The molecule has 1 atom stereocenters. The molecule has 0 spiro atoms. The Kier molecular flexibility index (Phi) is 5.73. The Morgan fingerprint density at radius 1 is 1.24 bits per heavy atom. The number of carbonyl (C=O) groups is 1. The first-order valence-electron chi connectivity index (χ1n) is 8.80. The predicted molar refractivity (Wildman–Crippen MR) is 90.3 cm³/mol. The molecule has 2 aliphatic heterocycles. The summed E-state index contributed by atoms with van der Waals surface area (Å²) in [6.07, 6.45) is 2.88. The van der Waals surface area contributed by atoms with Gasteiger partial charge in [0.2, 0.25) is 0 Å². The smallest absolute Gasteiger partial charge is 0.321 e. The van der Waals surface area contributed by atoms with E-state index in [1.54, 1.807) is 24.3 Å². The van der Waals surface area contributed by atoms with E-state index in [4.69, 9.17) is 9.47 Å². The van der Waals surface area contributed by atoms with E-state index in [1.807, 2.05) is 0 Å². The van der Waals surface area contributed by atoms with Crippen LogP contribution in [0.25, 0.3) is 0 Å². The van der Waals surface area contributed by atoms with Gasteiger partial charge in [-0.15, -0.1) is 0 Å². The fraction of sp³-hybridized carbons (Fsp3) is 0.611. The van der Waals surface area contributed by atoms with Gasteiger partial charge in [-0.3, -0.25) is 0 Å². The molecular formula is C18H24F2N2O3. The van der Waals surface area contributed by atoms with Crippen LogP contribution in [0, 0.1) is 0 Å². The molecular weight excluding hydrogens is 330 g/mol. The van der Waals surface area contributed by atoms with E-state index in [0.29, 0.717) is 18.0 Å². The maximum atomic E-state index is 13.1. The predicted octanol–water partition coefficient (Wildman–Crippen LogP) is 3.90. The molecule has 2 aliphatic rings. The number of ether oxygens (including phenoxy) is 2. The second kappa shape index (κ2) is 7.99. The van der Waals surface area contributed by atoms with Crippen molar-refractivity contribution in [2.45, 2.75) is 44.1 Å². The van der Waals surface area contributed by atoms with Crippen molar-refractivity contribution in [3.05, 3.63) is 24.3 Å². The minimum absolute atomic E-state index is 0.0708. The lowest BCUT2D eigenvalue weighted by Crippen LogP contribution is -2.44. The molecule has 0 aromatic heterocycles. The van der Waals surface area contributed by atoms with Crippen LogP contribution >= 0.6 is 0 Å². The molecule has 25 heavy (non-hydrogen) atoms. The van der Waals surface area contributed by atoms with Gasteiger partial charge >= 0.3 is 6.03 Å². The van der Waals surface area contributed by atoms with Crippen LogP contribution in [0.5, 0.6) is 5.75 Å². The number of likely N-dealkylation sites (tertiary alicyclic amines) is 1. The third kappa shape index (κ3) is 5.29. The summed E-state index contributed by atoms with van der Waals surface area (Å²) in [4.78, 5) is 13.5. The highest BCUT2D eigenvalue weighted by Crippen LogP contribution is 2.28. The second-order valence-electron chi connectivity index (χ2n) is 6.60. The van der Waals surface area contributed by atoms with Crippen molar-refractivity contribution >= 4 is 11.7 Å². The van der Waals surface area contributed by atoms with E-state index < -0.39 is 5.92 Å². The van der Waals surface area contributed by atoms with Crippen LogP contribution in [0.1, 0.15) is 32.1 Å². The Balaban J connectivity index is 1.44. The Morgan fingerprint density at radius 2 is 1.96 bits per heavy atom. The Morgan fingerprint density at radius 3 is 2.60 bits per heavy atom. The Labute approximate surface area is 146 Å². The maximum absolute atomic E-state index is 13.1. The van der Waals surface area contributed by atoms with Crippen LogP contribution in [0.4, 0.5) is 19.3 Å². The van der Waals surface area contributed by atoms with Crippen LogP contribution in [-0.2, 0) is 4.74 Å². The molecule has 0 unspecified atom stereocenters. The molecule has 7 heteroatoms. The molecule has 1 aromatic rings. The molecule has 138 valence electrons. The van der Waals surface area contributed by atoms with Gasteiger partial charge in [0, 0.05) is 38.2 Å². The van der Waals surface area contributed by atoms with Crippen molar-refractivity contribution in [1.29, 1.82) is 0 Å². The number of hydrogen-bond donors (Lipinski definition) is 1. The quantitative estimate of drug-likeness (QED) is 0.892. The van der Waals surface area contributed by atoms with Crippen molar-refractivity contribution in [1.82, 2.24) is 4.90 Å². The molecule has 2 saturated heterocycles. The lowest BCUT2D eigenvalue weighted by atomic mass is 10.1. The fourth-order valence-electron chi connectivity index (χ4n) is 3.00. The van der Waals surface area contributed by atoms with Crippen molar-refractivity contribution < 1.29 is 23.0 Å². The van der Waals surface area contributed by atoms with Gasteiger partial charge in [-0.05, 0) is 43.5 Å². The topological polar surface area (TPSA) is 50.8 Å². The number of urea groups is 1. The van der Waals surface area contributed by atoms with Crippen molar-refractivity contribution in [2.24, 2.45) is 0 Å². The van der Waals surface area contributed by atoms with Crippen LogP contribution in [0.3, 0.4) is 0 Å². The normalized spacial score (nSPS) is 23.1. The van der Waals surface area contributed by atoms with Crippen LogP contribution in [0.2, 0.25) is 0 Å². The third-order valence-electron chi connectivity index (χ3n) is 4.60. The molecule has 2 heterocycles. The van der Waals surface area contributed by atoms with Gasteiger partial charge in [0.15, 0.2) is 0 Å². The molecule has 2 fully saturated rings. The summed E-state index contributed by atoms with van der Waals surface area (Å²) < 4.78 is 37.6. The summed E-state index contributed by atoms with van der Waals surface area (Å²) >= 11 is 0. The number of alkyl halides is 2. The Bertz CT molecular complexity index is 564. The third-order valence-corrected chi connectivity index (χ3v) is 4.60. The number of hydrogen-bond acceptors (Lipinski definition) is 3. The number of amides is 2. The lowest BCUT2D eigenvalue weighted by molar-refractivity contribution is -0.0461. The first kappa shape index (κ1) is 17.9. The van der Waals surface area contributed by atoms with E-state index in [0.717, 1.165) is 19.4 Å². The lowest BCUT2D eigenvalue weighted by Gasteiger charge is -2.31.